The summed E-state index contributed by atoms with van der Waals surface area (Å²) in [5.41, 5.74) is 0.691. The van der Waals surface area contributed by atoms with E-state index in [-0.39, 0.29) is 12.3 Å². The van der Waals surface area contributed by atoms with Crippen LogP contribution in [0.2, 0.25) is 0 Å². The van der Waals surface area contributed by atoms with Gasteiger partial charge in [0.1, 0.15) is 0 Å². The maximum absolute atomic E-state index is 11.7. The summed E-state index contributed by atoms with van der Waals surface area (Å²) in [5, 5.41) is 0. The normalized spacial score (nSPS) is 11.6. The minimum absolute atomic E-state index is 0.210. The van der Waals surface area contributed by atoms with E-state index in [0.717, 1.165) is 11.1 Å². The molecule has 5 heteroatoms. The highest BCUT2D eigenvalue weighted by molar-refractivity contribution is 7.70. The first-order chi connectivity index (χ1) is 9.48. The van der Waals surface area contributed by atoms with E-state index < -0.39 is 13.1 Å². The first-order valence-corrected chi connectivity index (χ1v) is 7.78. The number of benzene rings is 2. The minimum atomic E-state index is -4.69. The van der Waals surface area contributed by atoms with Gasteiger partial charge in [0.25, 0.3) is 0 Å². The van der Waals surface area contributed by atoms with Crippen LogP contribution >= 0.6 is 7.60 Å². The Morgan fingerprint density at radius 1 is 0.900 bits per heavy atom. The van der Waals surface area contributed by atoms with Crippen LogP contribution in [0.3, 0.4) is 0 Å². The summed E-state index contributed by atoms with van der Waals surface area (Å²) in [6.07, 6.45) is -0.210. The maximum Gasteiger partial charge on any atom is 0.391 e. The number of hydrogen-bond acceptors (Lipinski definition) is 2. The number of rotatable bonds is 5. The van der Waals surface area contributed by atoms with Crippen LogP contribution in [0.25, 0.3) is 0 Å². The maximum atomic E-state index is 11.7. The minimum Gasteiger partial charge on any atom is -0.319 e. The van der Waals surface area contributed by atoms with E-state index >= 15 is 0 Å². The molecule has 0 aliphatic rings. The molecule has 0 fully saturated rings. The summed E-state index contributed by atoms with van der Waals surface area (Å²) in [6.45, 7) is 0. The molecule has 0 saturated carbocycles. The van der Waals surface area contributed by atoms with Crippen molar-refractivity contribution in [1.82, 2.24) is 0 Å². The Labute approximate surface area is 117 Å². The van der Waals surface area contributed by atoms with E-state index in [2.05, 4.69) is 0 Å². The highest BCUT2D eigenvalue weighted by atomic mass is 31.2. The fourth-order valence-electron chi connectivity index (χ4n) is 2.09. The molecule has 0 unspecified atom stereocenters. The predicted molar refractivity (Wildman–Crippen MR) is 76.4 cm³/mol. The van der Waals surface area contributed by atoms with E-state index in [1.54, 1.807) is 0 Å². The number of hydrogen-bond donors (Lipinski definition) is 2. The monoisotopic (exact) mass is 290 g/mol. The van der Waals surface area contributed by atoms with Crippen LogP contribution in [0.4, 0.5) is 0 Å². The number of carbonyl (C=O) groups is 1. The smallest absolute Gasteiger partial charge is 0.319 e. The lowest BCUT2D eigenvalue weighted by atomic mass is 9.89. The molecule has 2 rings (SSSR count). The average molecular weight is 290 g/mol. The largest absolute Gasteiger partial charge is 0.391 e. The van der Waals surface area contributed by atoms with Crippen LogP contribution in [0.1, 0.15) is 23.5 Å². The summed E-state index contributed by atoms with van der Waals surface area (Å²) < 4.78 is 11.1. The molecule has 0 heterocycles. The molecule has 0 atom stereocenters. The predicted octanol–water partition coefficient (Wildman–Crippen LogP) is 2.91. The molecule has 0 saturated heterocycles. The third-order valence-electron chi connectivity index (χ3n) is 3.11. The van der Waals surface area contributed by atoms with Gasteiger partial charge in [0.05, 0.1) is 0 Å². The Kier molecular flexibility index (Phi) is 4.50. The second-order valence-electron chi connectivity index (χ2n) is 4.52. The van der Waals surface area contributed by atoms with Crippen molar-refractivity contribution < 1.29 is 19.1 Å². The Balaban J connectivity index is 2.36. The van der Waals surface area contributed by atoms with Crippen molar-refractivity contribution in [3.63, 3.8) is 0 Å². The molecule has 2 N–H and O–H groups in total. The fraction of sp³-hybridized carbons (Fsp3) is 0.133. The zero-order valence-corrected chi connectivity index (χ0v) is 11.6. The van der Waals surface area contributed by atoms with E-state index in [0.29, 0.717) is 0 Å². The van der Waals surface area contributed by atoms with Gasteiger partial charge < -0.3 is 9.79 Å². The molecular formula is C15H15O4P. The van der Waals surface area contributed by atoms with Gasteiger partial charge in [-0.15, -0.1) is 0 Å². The van der Waals surface area contributed by atoms with Gasteiger partial charge in [-0.25, -0.2) is 0 Å². The lowest BCUT2D eigenvalue weighted by molar-refractivity contribution is -0.113. The van der Waals surface area contributed by atoms with Crippen molar-refractivity contribution >= 4 is 13.1 Å². The van der Waals surface area contributed by atoms with Crippen molar-refractivity contribution in [2.45, 2.75) is 12.3 Å². The highest BCUT2D eigenvalue weighted by Gasteiger charge is 2.29. The van der Waals surface area contributed by atoms with Crippen molar-refractivity contribution in [1.29, 1.82) is 0 Å². The molecule has 4 nitrogen and oxygen atoms in total. The first-order valence-electron chi connectivity index (χ1n) is 6.17. The molecular weight excluding hydrogens is 275 g/mol. The second-order valence-corrected chi connectivity index (χ2v) is 6.10. The summed E-state index contributed by atoms with van der Waals surface area (Å²) in [6, 6.07) is 18.5. The van der Waals surface area contributed by atoms with E-state index in [1.165, 1.54) is 0 Å². The van der Waals surface area contributed by atoms with Crippen molar-refractivity contribution in [2.75, 3.05) is 0 Å². The summed E-state index contributed by atoms with van der Waals surface area (Å²) >= 11 is 0. The molecule has 2 aromatic carbocycles. The lowest BCUT2D eigenvalue weighted by Crippen LogP contribution is -2.09. The molecule has 20 heavy (non-hydrogen) atoms. The molecule has 104 valence electrons. The SMILES string of the molecule is O=C(CC(c1ccccc1)c1ccccc1)P(=O)(O)O. The zero-order chi connectivity index (χ0) is 14.6. The molecule has 0 aliphatic carbocycles. The summed E-state index contributed by atoms with van der Waals surface area (Å²) in [5.74, 6) is -0.350. The van der Waals surface area contributed by atoms with Gasteiger partial charge in [0, 0.05) is 12.3 Å². The first kappa shape index (κ1) is 14.7. The van der Waals surface area contributed by atoms with Gasteiger partial charge in [0.2, 0.25) is 5.52 Å². The Bertz CT molecular complexity index is 579. The van der Waals surface area contributed by atoms with E-state index in [1.807, 2.05) is 60.7 Å². The highest BCUT2D eigenvalue weighted by Crippen LogP contribution is 2.41. The Morgan fingerprint density at radius 2 is 1.30 bits per heavy atom. The molecule has 0 amide bonds. The Hall–Kier alpha value is -1.74. The molecule has 0 aliphatic heterocycles. The molecule has 0 aromatic heterocycles. The van der Waals surface area contributed by atoms with Gasteiger partial charge in [-0.05, 0) is 11.1 Å². The van der Waals surface area contributed by atoms with Crippen LogP contribution in [0.5, 0.6) is 0 Å². The van der Waals surface area contributed by atoms with Crippen LogP contribution in [0.15, 0.2) is 60.7 Å². The summed E-state index contributed by atoms with van der Waals surface area (Å²) in [7, 11) is -4.69. The topological polar surface area (TPSA) is 74.6 Å². The second kappa shape index (κ2) is 6.14. The zero-order valence-electron chi connectivity index (χ0n) is 10.7. The van der Waals surface area contributed by atoms with Gasteiger partial charge in [-0.2, -0.15) is 0 Å². The standard InChI is InChI=1S/C15H15O4P/c16-15(20(17,18)19)11-14(12-7-3-1-4-8-12)13-9-5-2-6-10-13/h1-10,14H,11H2,(H2,17,18,19). The van der Waals surface area contributed by atoms with Crippen molar-refractivity contribution in [3.8, 4) is 0 Å². The van der Waals surface area contributed by atoms with Gasteiger partial charge in [-0.3, -0.25) is 9.36 Å². The number of carbonyl (C=O) groups excluding carboxylic acids is 1. The van der Waals surface area contributed by atoms with E-state index in [9.17, 15) is 9.36 Å². The lowest BCUT2D eigenvalue weighted by Gasteiger charge is -2.17. The third kappa shape index (κ3) is 3.64. The molecule has 0 spiro atoms. The molecule has 0 bridgehead atoms. The quantitative estimate of drug-likeness (QED) is 0.830. The van der Waals surface area contributed by atoms with Gasteiger partial charge in [0.15, 0.2) is 0 Å². The summed E-state index contributed by atoms with van der Waals surface area (Å²) in [4.78, 5) is 29.6. The van der Waals surface area contributed by atoms with Crippen LogP contribution in [-0.2, 0) is 9.36 Å². The third-order valence-corrected chi connectivity index (χ3v) is 3.94. The van der Waals surface area contributed by atoms with Crippen LogP contribution in [-0.4, -0.2) is 15.3 Å². The average Bonchev–Trinajstić information content (AvgIpc) is 2.45. The van der Waals surface area contributed by atoms with Gasteiger partial charge >= 0.3 is 7.60 Å². The Morgan fingerprint density at radius 3 is 1.65 bits per heavy atom. The van der Waals surface area contributed by atoms with E-state index in [4.69, 9.17) is 9.79 Å². The van der Waals surface area contributed by atoms with Crippen molar-refractivity contribution in [2.24, 2.45) is 0 Å². The van der Waals surface area contributed by atoms with Gasteiger partial charge in [-0.1, -0.05) is 60.7 Å². The van der Waals surface area contributed by atoms with Crippen LogP contribution < -0.4 is 0 Å². The fourth-order valence-corrected chi connectivity index (χ4v) is 2.51. The molecule has 2 aromatic rings. The molecule has 0 radical (unpaired) electrons. The van der Waals surface area contributed by atoms with Crippen LogP contribution in [0, 0.1) is 0 Å². The van der Waals surface area contributed by atoms with Crippen molar-refractivity contribution in [3.05, 3.63) is 71.8 Å².